The number of phenolic OH excluding ortho intramolecular Hbond substituents is 2. The molecule has 4 aromatic rings. The van der Waals surface area contributed by atoms with Crippen LogP contribution in [0.5, 0.6) is 23.0 Å². The summed E-state index contributed by atoms with van der Waals surface area (Å²) in [7, 11) is 0. The third-order valence-electron chi connectivity index (χ3n) is 9.23. The van der Waals surface area contributed by atoms with Crippen LogP contribution in [0.3, 0.4) is 0 Å². The molecule has 0 saturated heterocycles. The van der Waals surface area contributed by atoms with E-state index in [1.54, 1.807) is 0 Å². The number of aromatic hydroxyl groups is 2. The molecule has 0 fully saturated rings. The third-order valence-corrected chi connectivity index (χ3v) is 9.23. The van der Waals surface area contributed by atoms with Crippen LogP contribution < -0.4 is 9.47 Å². The van der Waals surface area contributed by atoms with E-state index in [-0.39, 0.29) is 95.5 Å². The number of nitriles is 2. The molecule has 12 heteroatoms. The van der Waals surface area contributed by atoms with E-state index in [1.807, 2.05) is 77.9 Å². The molecule has 0 atom stereocenters. The quantitative estimate of drug-likeness (QED) is 0.129. The Morgan fingerprint density at radius 3 is 1.06 bits per heavy atom. The van der Waals surface area contributed by atoms with Gasteiger partial charge in [-0.3, -0.25) is 20.2 Å². The first kappa shape index (κ1) is 37.1. The molecular weight excluding hydrogens is 664 g/mol. The Kier molecular flexibility index (Phi) is 10.2. The minimum Gasteiger partial charge on any atom is -0.507 e. The number of phenols is 2. The van der Waals surface area contributed by atoms with Gasteiger partial charge in [0.1, 0.15) is 35.1 Å². The number of hydrogen-bond donors (Lipinski definition) is 2. The summed E-state index contributed by atoms with van der Waals surface area (Å²) in [5, 5.41) is 67.3. The summed E-state index contributed by atoms with van der Waals surface area (Å²) >= 11 is 0. The largest absolute Gasteiger partial charge is 0.507 e. The van der Waals surface area contributed by atoms with E-state index in [9.17, 15) is 41.0 Å². The van der Waals surface area contributed by atoms with E-state index in [0.717, 1.165) is 11.1 Å². The van der Waals surface area contributed by atoms with Gasteiger partial charge in [-0.05, 0) is 44.2 Å². The summed E-state index contributed by atoms with van der Waals surface area (Å²) in [6.45, 7) is 11.3. The average Bonchev–Trinajstić information content (AvgIpc) is 3.05. The fourth-order valence-electron chi connectivity index (χ4n) is 6.53. The van der Waals surface area contributed by atoms with Crippen molar-refractivity contribution in [3.8, 4) is 35.1 Å². The van der Waals surface area contributed by atoms with Gasteiger partial charge in [0.15, 0.2) is 13.2 Å². The van der Waals surface area contributed by atoms with Gasteiger partial charge in [-0.1, -0.05) is 65.8 Å². The first-order valence-corrected chi connectivity index (χ1v) is 16.7. The minimum absolute atomic E-state index is 0.0323. The summed E-state index contributed by atoms with van der Waals surface area (Å²) in [4.78, 5) is 23.5. The van der Waals surface area contributed by atoms with E-state index in [4.69, 9.17) is 9.47 Å². The van der Waals surface area contributed by atoms with Crippen LogP contribution in [0.15, 0.2) is 48.5 Å². The molecule has 0 saturated carbocycles. The molecule has 8 bridgehead atoms. The molecule has 1 aliphatic rings. The van der Waals surface area contributed by atoms with Crippen molar-refractivity contribution in [2.45, 2.75) is 78.1 Å². The highest BCUT2D eigenvalue weighted by atomic mass is 16.6. The van der Waals surface area contributed by atoms with Gasteiger partial charge in [-0.2, -0.15) is 10.5 Å². The number of hydrogen-bond acceptors (Lipinski definition) is 10. The van der Waals surface area contributed by atoms with Gasteiger partial charge in [0.25, 0.3) is 11.4 Å². The zero-order valence-electron chi connectivity index (χ0n) is 30.0. The monoisotopic (exact) mass is 704 g/mol. The number of nitrogens with zero attached hydrogens (tertiary/aromatic N) is 4. The van der Waals surface area contributed by atoms with E-state index in [2.05, 4.69) is 0 Å². The van der Waals surface area contributed by atoms with E-state index in [0.29, 0.717) is 22.3 Å². The Morgan fingerprint density at radius 2 is 0.846 bits per heavy atom. The Labute approximate surface area is 301 Å². The van der Waals surface area contributed by atoms with Crippen LogP contribution >= 0.6 is 0 Å². The molecule has 5 rings (SSSR count). The zero-order valence-corrected chi connectivity index (χ0v) is 30.0. The van der Waals surface area contributed by atoms with E-state index in [1.165, 1.54) is 24.3 Å². The smallest absolute Gasteiger partial charge is 0.270 e. The fourth-order valence-corrected chi connectivity index (χ4v) is 6.53. The lowest BCUT2D eigenvalue weighted by Crippen LogP contribution is -2.15. The Balaban J connectivity index is 1.94. The van der Waals surface area contributed by atoms with Crippen LogP contribution in [0.1, 0.15) is 97.2 Å². The summed E-state index contributed by atoms with van der Waals surface area (Å²) in [5.41, 5.74) is 3.38. The highest BCUT2D eigenvalue weighted by Gasteiger charge is 2.28. The lowest BCUT2D eigenvalue weighted by atomic mass is 9.81. The molecule has 0 unspecified atom stereocenters. The van der Waals surface area contributed by atoms with Crippen LogP contribution in [0.25, 0.3) is 0 Å². The van der Waals surface area contributed by atoms with Crippen molar-refractivity contribution in [2.24, 2.45) is 0 Å². The summed E-state index contributed by atoms with van der Waals surface area (Å²) in [6, 6.07) is 16.6. The number of ether oxygens (including phenoxy) is 2. The lowest BCUT2D eigenvalue weighted by molar-refractivity contribution is -0.385. The molecule has 0 aliphatic heterocycles. The standard InChI is InChI=1S/C40H40N4O8/c1-39(2,3)31-15-27-11-23-19-33(43(47)48)21-25(35(23)45)13-29-17-32(40(4,5)6)18-30(38(29)52-10-8-42)14-26-22-34(44(49)50)20-24(36(26)46)12-28(16-31)37(27)51-9-7-41/h15-22,45-46H,9-14H2,1-6H3. The van der Waals surface area contributed by atoms with Gasteiger partial charge < -0.3 is 19.7 Å². The van der Waals surface area contributed by atoms with Crippen LogP contribution in [0, 0.1) is 42.9 Å². The number of nitro groups is 2. The Morgan fingerprint density at radius 1 is 0.577 bits per heavy atom. The Hall–Kier alpha value is -6.14. The molecule has 0 amide bonds. The fraction of sp³-hybridized carbons (Fsp3) is 0.350. The predicted octanol–water partition coefficient (Wildman–Crippen LogP) is 7.99. The van der Waals surface area contributed by atoms with Crippen molar-refractivity contribution in [3.05, 3.63) is 124 Å². The average molecular weight is 705 g/mol. The lowest BCUT2D eigenvalue weighted by Gasteiger charge is -2.26. The molecular formula is C40H40N4O8. The van der Waals surface area contributed by atoms with Gasteiger partial charge in [-0.25, -0.2) is 0 Å². The highest BCUT2D eigenvalue weighted by molar-refractivity contribution is 5.61. The molecule has 1 aliphatic carbocycles. The van der Waals surface area contributed by atoms with Crippen molar-refractivity contribution in [1.82, 2.24) is 0 Å². The second kappa shape index (κ2) is 14.2. The number of rotatable bonds is 6. The van der Waals surface area contributed by atoms with Crippen LogP contribution in [0.2, 0.25) is 0 Å². The molecule has 0 aromatic heterocycles. The van der Waals surface area contributed by atoms with Gasteiger partial charge >= 0.3 is 0 Å². The molecule has 268 valence electrons. The first-order valence-electron chi connectivity index (χ1n) is 16.7. The molecule has 0 spiro atoms. The van der Waals surface area contributed by atoms with Crippen molar-refractivity contribution in [3.63, 3.8) is 0 Å². The normalized spacial score (nSPS) is 12.7. The van der Waals surface area contributed by atoms with Gasteiger partial charge in [0.2, 0.25) is 0 Å². The topological polar surface area (TPSA) is 193 Å². The van der Waals surface area contributed by atoms with Crippen LogP contribution in [0.4, 0.5) is 11.4 Å². The van der Waals surface area contributed by atoms with Crippen molar-refractivity contribution >= 4 is 11.4 Å². The molecule has 52 heavy (non-hydrogen) atoms. The summed E-state index contributed by atoms with van der Waals surface area (Å²) < 4.78 is 12.0. The summed E-state index contributed by atoms with van der Waals surface area (Å²) in [6.07, 6.45) is -0.129. The molecule has 12 nitrogen and oxygen atoms in total. The van der Waals surface area contributed by atoms with Crippen LogP contribution in [-0.2, 0) is 36.5 Å². The minimum atomic E-state index is -0.527. The van der Waals surface area contributed by atoms with Gasteiger partial charge in [-0.15, -0.1) is 0 Å². The zero-order chi connectivity index (χ0) is 38.1. The maximum Gasteiger partial charge on any atom is 0.270 e. The van der Waals surface area contributed by atoms with E-state index < -0.39 is 20.7 Å². The van der Waals surface area contributed by atoms with Gasteiger partial charge in [0, 0.05) is 72.2 Å². The maximum absolute atomic E-state index is 12.3. The number of benzene rings is 4. The number of non-ortho nitro benzene ring substituents is 2. The SMILES string of the molecule is CC(C)(C)c1cc2c(OCC#N)c(c1)Cc1cc([N+](=O)[O-])cc(c1O)Cc1cc(C(C)(C)C)cc(c1OCC#N)Cc1cc([N+](=O)[O-])cc(c1O)C2. The second-order valence-corrected chi connectivity index (χ2v) is 15.1. The predicted molar refractivity (Wildman–Crippen MR) is 193 cm³/mol. The van der Waals surface area contributed by atoms with E-state index >= 15 is 0 Å². The van der Waals surface area contributed by atoms with Gasteiger partial charge in [0.05, 0.1) is 9.85 Å². The second-order valence-electron chi connectivity index (χ2n) is 15.1. The molecule has 4 aromatic carbocycles. The van der Waals surface area contributed by atoms with Crippen molar-refractivity contribution in [1.29, 1.82) is 10.5 Å². The number of fused-ring (bicyclic) bond motifs is 8. The molecule has 0 heterocycles. The van der Waals surface area contributed by atoms with Crippen LogP contribution in [-0.4, -0.2) is 33.3 Å². The first-order chi connectivity index (χ1) is 24.4. The molecule has 2 N–H and O–H groups in total. The summed E-state index contributed by atoms with van der Waals surface area (Å²) in [5.74, 6) is 0.209. The highest BCUT2D eigenvalue weighted by Crippen LogP contribution is 2.43. The third kappa shape index (κ3) is 7.77. The maximum atomic E-state index is 12.3. The number of nitro benzene ring substituents is 2. The Bertz CT molecular complexity index is 1930. The molecule has 0 radical (unpaired) electrons. The van der Waals surface area contributed by atoms with Crippen molar-refractivity contribution < 1.29 is 29.5 Å². The van der Waals surface area contributed by atoms with Crippen molar-refractivity contribution in [2.75, 3.05) is 13.2 Å².